The molecule has 3 amide bonds. The zero-order chi connectivity index (χ0) is 16.2. The van der Waals surface area contributed by atoms with Crippen molar-refractivity contribution in [3.8, 4) is 0 Å². The molecule has 2 atom stereocenters. The van der Waals surface area contributed by atoms with E-state index in [2.05, 4.69) is 20.8 Å². The van der Waals surface area contributed by atoms with Crippen LogP contribution in [0.25, 0.3) is 0 Å². The van der Waals surface area contributed by atoms with Crippen molar-refractivity contribution in [2.24, 2.45) is 5.92 Å². The first kappa shape index (κ1) is 15.5. The van der Waals surface area contributed by atoms with E-state index in [1.807, 2.05) is 30.3 Å². The summed E-state index contributed by atoms with van der Waals surface area (Å²) in [5.74, 6) is 0.389. The summed E-state index contributed by atoms with van der Waals surface area (Å²) in [6.45, 7) is 1.78. The maximum Gasteiger partial charge on any atom is 0.321 e. The van der Waals surface area contributed by atoms with E-state index in [0.717, 1.165) is 5.75 Å². The molecule has 0 bridgehead atoms. The number of hydrogen-bond donors (Lipinski definition) is 2. The average molecular weight is 332 g/mol. The molecule has 7 nitrogen and oxygen atoms in total. The molecular weight excluding hydrogens is 316 g/mol. The SMILES string of the molecule is CC1NC(=O)NC(=O)C1Cc1nnc(SCc2ccccc2)o1. The zero-order valence-corrected chi connectivity index (χ0v) is 13.3. The van der Waals surface area contributed by atoms with Crippen LogP contribution in [0.4, 0.5) is 4.79 Å². The number of rotatable bonds is 5. The number of hydrogen-bond acceptors (Lipinski definition) is 6. The molecule has 2 unspecified atom stereocenters. The standard InChI is InChI=1S/C15H16N4O3S/c1-9-11(13(20)17-14(21)16-9)7-12-18-19-15(22-12)23-8-10-5-3-2-4-6-10/h2-6,9,11H,7-8H2,1H3,(H2,16,17,20,21). The highest BCUT2D eigenvalue weighted by molar-refractivity contribution is 7.98. The van der Waals surface area contributed by atoms with Gasteiger partial charge in [0.15, 0.2) is 0 Å². The minimum Gasteiger partial charge on any atom is -0.416 e. The van der Waals surface area contributed by atoms with Crippen molar-refractivity contribution < 1.29 is 14.0 Å². The molecule has 2 aromatic rings. The number of carbonyl (C=O) groups is 2. The Labute approximate surface area is 137 Å². The quantitative estimate of drug-likeness (QED) is 0.810. The van der Waals surface area contributed by atoms with Crippen molar-refractivity contribution in [2.75, 3.05) is 0 Å². The molecule has 0 spiro atoms. The third-order valence-electron chi connectivity index (χ3n) is 3.58. The molecule has 2 N–H and O–H groups in total. The Bertz CT molecular complexity index is 704. The molecule has 1 fully saturated rings. The highest BCUT2D eigenvalue weighted by Crippen LogP contribution is 2.23. The lowest BCUT2D eigenvalue weighted by atomic mass is 9.95. The minimum absolute atomic E-state index is 0.274. The number of nitrogens with zero attached hydrogens (tertiary/aromatic N) is 2. The number of thioether (sulfide) groups is 1. The van der Waals surface area contributed by atoms with E-state index in [0.29, 0.717) is 17.5 Å². The van der Waals surface area contributed by atoms with Crippen LogP contribution in [0.3, 0.4) is 0 Å². The summed E-state index contributed by atoms with van der Waals surface area (Å²) in [6.07, 6.45) is 0.298. The van der Waals surface area contributed by atoms with Crippen molar-refractivity contribution in [1.29, 1.82) is 0 Å². The predicted octanol–water partition coefficient (Wildman–Crippen LogP) is 1.75. The fraction of sp³-hybridized carbons (Fsp3) is 0.333. The van der Waals surface area contributed by atoms with Gasteiger partial charge in [-0.3, -0.25) is 10.1 Å². The van der Waals surface area contributed by atoms with Gasteiger partial charge in [0.1, 0.15) is 0 Å². The second kappa shape index (κ2) is 6.82. The Morgan fingerprint density at radius 3 is 2.74 bits per heavy atom. The monoisotopic (exact) mass is 332 g/mol. The maximum absolute atomic E-state index is 11.9. The van der Waals surface area contributed by atoms with Gasteiger partial charge in [-0.2, -0.15) is 0 Å². The van der Waals surface area contributed by atoms with Crippen molar-refractivity contribution in [3.63, 3.8) is 0 Å². The summed E-state index contributed by atoms with van der Waals surface area (Å²) < 4.78 is 5.58. The van der Waals surface area contributed by atoms with Crippen LogP contribution in [-0.4, -0.2) is 28.2 Å². The van der Waals surface area contributed by atoms with Crippen molar-refractivity contribution in [2.45, 2.75) is 30.4 Å². The molecular formula is C15H16N4O3S. The van der Waals surface area contributed by atoms with E-state index < -0.39 is 11.9 Å². The smallest absolute Gasteiger partial charge is 0.321 e. The molecule has 0 saturated carbocycles. The first-order valence-electron chi connectivity index (χ1n) is 7.22. The number of benzene rings is 1. The van der Waals surface area contributed by atoms with E-state index in [1.165, 1.54) is 17.3 Å². The van der Waals surface area contributed by atoms with Gasteiger partial charge in [0.05, 0.1) is 5.92 Å². The van der Waals surface area contributed by atoms with Crippen LogP contribution in [-0.2, 0) is 17.0 Å². The van der Waals surface area contributed by atoms with Crippen LogP contribution >= 0.6 is 11.8 Å². The lowest BCUT2D eigenvalue weighted by Crippen LogP contribution is -2.57. The minimum atomic E-state index is -0.469. The lowest BCUT2D eigenvalue weighted by Gasteiger charge is -2.27. The van der Waals surface area contributed by atoms with Gasteiger partial charge in [-0.15, -0.1) is 10.2 Å². The highest BCUT2D eigenvalue weighted by atomic mass is 32.2. The Hall–Kier alpha value is -2.35. The molecule has 1 aromatic carbocycles. The number of amides is 3. The van der Waals surface area contributed by atoms with Crippen LogP contribution in [0, 0.1) is 5.92 Å². The summed E-state index contributed by atoms with van der Waals surface area (Å²) in [7, 11) is 0. The van der Waals surface area contributed by atoms with Gasteiger partial charge in [-0.25, -0.2) is 4.79 Å². The molecule has 2 heterocycles. The normalized spacial score (nSPS) is 20.9. The van der Waals surface area contributed by atoms with E-state index in [4.69, 9.17) is 4.42 Å². The lowest BCUT2D eigenvalue weighted by molar-refractivity contribution is -0.125. The summed E-state index contributed by atoms with van der Waals surface area (Å²) in [6, 6.07) is 9.24. The molecule has 120 valence electrons. The summed E-state index contributed by atoms with van der Waals surface area (Å²) in [4.78, 5) is 23.1. The second-order valence-electron chi connectivity index (χ2n) is 5.30. The van der Waals surface area contributed by atoms with Gasteiger partial charge in [0.2, 0.25) is 11.8 Å². The van der Waals surface area contributed by atoms with Crippen LogP contribution in [0.1, 0.15) is 18.4 Å². The molecule has 3 rings (SSSR count). The van der Waals surface area contributed by atoms with Gasteiger partial charge in [0.25, 0.3) is 5.22 Å². The summed E-state index contributed by atoms with van der Waals surface area (Å²) in [5, 5.41) is 13.4. The van der Waals surface area contributed by atoms with Crippen LogP contribution < -0.4 is 10.6 Å². The van der Waals surface area contributed by atoms with E-state index in [9.17, 15) is 9.59 Å². The molecule has 23 heavy (non-hydrogen) atoms. The highest BCUT2D eigenvalue weighted by Gasteiger charge is 2.33. The van der Waals surface area contributed by atoms with Crippen molar-refractivity contribution >= 4 is 23.7 Å². The maximum atomic E-state index is 11.9. The van der Waals surface area contributed by atoms with Crippen molar-refractivity contribution in [1.82, 2.24) is 20.8 Å². The third kappa shape index (κ3) is 3.89. The number of aromatic nitrogens is 2. The topological polar surface area (TPSA) is 97.1 Å². The number of nitrogens with one attached hydrogen (secondary N) is 2. The average Bonchev–Trinajstić information content (AvgIpc) is 2.97. The molecule has 8 heteroatoms. The van der Waals surface area contributed by atoms with E-state index >= 15 is 0 Å². The molecule has 1 aromatic heterocycles. The van der Waals surface area contributed by atoms with Crippen LogP contribution in [0.5, 0.6) is 0 Å². The van der Waals surface area contributed by atoms with Crippen LogP contribution in [0.15, 0.2) is 40.0 Å². The van der Waals surface area contributed by atoms with Crippen molar-refractivity contribution in [3.05, 3.63) is 41.8 Å². The molecule has 0 radical (unpaired) electrons. The fourth-order valence-corrected chi connectivity index (χ4v) is 3.07. The summed E-state index contributed by atoms with van der Waals surface area (Å²) in [5.41, 5.74) is 1.17. The van der Waals surface area contributed by atoms with Gasteiger partial charge in [0, 0.05) is 18.2 Å². The van der Waals surface area contributed by atoms with Gasteiger partial charge in [-0.05, 0) is 12.5 Å². The number of imide groups is 1. The predicted molar refractivity (Wildman–Crippen MR) is 83.6 cm³/mol. The Kier molecular flexibility index (Phi) is 4.61. The number of carbonyl (C=O) groups excluding carboxylic acids is 2. The van der Waals surface area contributed by atoms with E-state index in [1.54, 1.807) is 6.92 Å². The number of urea groups is 1. The fourth-order valence-electron chi connectivity index (χ4n) is 2.33. The molecule has 0 aliphatic carbocycles. The van der Waals surface area contributed by atoms with Gasteiger partial charge < -0.3 is 9.73 Å². The van der Waals surface area contributed by atoms with Crippen LogP contribution in [0.2, 0.25) is 0 Å². The molecule has 1 saturated heterocycles. The zero-order valence-electron chi connectivity index (χ0n) is 12.5. The Morgan fingerprint density at radius 1 is 1.22 bits per heavy atom. The van der Waals surface area contributed by atoms with E-state index in [-0.39, 0.29) is 11.9 Å². The van der Waals surface area contributed by atoms with Gasteiger partial charge >= 0.3 is 6.03 Å². The second-order valence-corrected chi connectivity index (χ2v) is 6.22. The summed E-state index contributed by atoms with van der Waals surface area (Å²) >= 11 is 1.45. The molecule has 1 aliphatic rings. The Balaban J connectivity index is 1.59. The first-order chi connectivity index (χ1) is 11.1. The largest absolute Gasteiger partial charge is 0.416 e. The van der Waals surface area contributed by atoms with Gasteiger partial charge in [-0.1, -0.05) is 42.1 Å². The third-order valence-corrected chi connectivity index (χ3v) is 4.47. The Morgan fingerprint density at radius 2 is 2.00 bits per heavy atom. The first-order valence-corrected chi connectivity index (χ1v) is 8.21. The molecule has 1 aliphatic heterocycles.